The van der Waals surface area contributed by atoms with Crippen molar-refractivity contribution in [3.63, 3.8) is 0 Å². The number of rotatable bonds is 9. The van der Waals surface area contributed by atoms with Crippen LogP contribution in [0.3, 0.4) is 0 Å². The van der Waals surface area contributed by atoms with Gasteiger partial charge in [0.05, 0.1) is 6.54 Å². The summed E-state index contributed by atoms with van der Waals surface area (Å²) in [6.45, 7) is 10.1. The molecular formula is C34H39N3O3. The van der Waals surface area contributed by atoms with Gasteiger partial charge in [-0.05, 0) is 71.8 Å². The first-order valence-electron chi connectivity index (χ1n) is 14.1. The minimum absolute atomic E-state index is 0.0318. The standard InChI is InChI=1S/C33H39N3O.CO2/c1-24-7-5-9-29(21-24)28-17-13-25(14-18-28)8-6-10-31-34-36(32(37)35(31)22-26-11-12-26)23-27-15-19-30(20-16-27)33(2,3)4;2-1-3/h5,7,9,13-21,26H,6,8,10-12,22-23H2,1-4H3;. The van der Waals surface area contributed by atoms with Crippen molar-refractivity contribution in [2.75, 3.05) is 0 Å². The normalized spacial score (nSPS) is 12.9. The molecule has 0 spiro atoms. The Bertz CT molecular complexity index is 1500. The van der Waals surface area contributed by atoms with E-state index in [2.05, 4.69) is 100 Å². The number of benzene rings is 3. The van der Waals surface area contributed by atoms with Crippen molar-refractivity contribution in [3.8, 4) is 11.1 Å². The van der Waals surface area contributed by atoms with Gasteiger partial charge in [-0.25, -0.2) is 9.48 Å². The molecule has 208 valence electrons. The molecule has 1 heterocycles. The van der Waals surface area contributed by atoms with Crippen molar-refractivity contribution in [2.24, 2.45) is 5.92 Å². The molecule has 1 aliphatic carbocycles. The number of hydrogen-bond acceptors (Lipinski definition) is 4. The second-order valence-electron chi connectivity index (χ2n) is 11.9. The van der Waals surface area contributed by atoms with Gasteiger partial charge in [-0.3, -0.25) is 4.57 Å². The van der Waals surface area contributed by atoms with Crippen LogP contribution in [0.5, 0.6) is 0 Å². The average Bonchev–Trinajstić information content (AvgIpc) is 3.70. The lowest BCUT2D eigenvalue weighted by Gasteiger charge is -2.19. The summed E-state index contributed by atoms with van der Waals surface area (Å²) >= 11 is 0. The van der Waals surface area contributed by atoms with Gasteiger partial charge in [-0.2, -0.15) is 14.7 Å². The maximum atomic E-state index is 13.3. The third kappa shape index (κ3) is 7.77. The molecule has 4 aromatic rings. The van der Waals surface area contributed by atoms with E-state index in [4.69, 9.17) is 14.7 Å². The van der Waals surface area contributed by atoms with Gasteiger partial charge in [0, 0.05) is 13.0 Å². The topological polar surface area (TPSA) is 74.0 Å². The fourth-order valence-electron chi connectivity index (χ4n) is 4.94. The highest BCUT2D eigenvalue weighted by Crippen LogP contribution is 2.30. The van der Waals surface area contributed by atoms with Crippen molar-refractivity contribution < 1.29 is 9.59 Å². The molecule has 0 saturated heterocycles. The molecule has 6 heteroatoms. The molecule has 5 rings (SSSR count). The third-order valence-electron chi connectivity index (χ3n) is 7.46. The van der Waals surface area contributed by atoms with Gasteiger partial charge in [0.1, 0.15) is 5.82 Å². The Kier molecular flexibility index (Phi) is 9.34. The molecule has 0 atom stereocenters. The first kappa shape index (κ1) is 29.0. The Morgan fingerprint density at radius 3 is 2.12 bits per heavy atom. The highest BCUT2D eigenvalue weighted by atomic mass is 16.2. The van der Waals surface area contributed by atoms with Gasteiger partial charge < -0.3 is 0 Å². The molecule has 0 N–H and O–H groups in total. The Morgan fingerprint density at radius 2 is 1.52 bits per heavy atom. The van der Waals surface area contributed by atoms with E-state index in [1.165, 1.54) is 40.7 Å². The van der Waals surface area contributed by atoms with Crippen LogP contribution in [0.15, 0.2) is 77.6 Å². The van der Waals surface area contributed by atoms with E-state index >= 15 is 0 Å². The zero-order valence-electron chi connectivity index (χ0n) is 24.0. The zero-order chi connectivity index (χ0) is 28.7. The van der Waals surface area contributed by atoms with Crippen molar-refractivity contribution in [2.45, 2.75) is 78.3 Å². The Morgan fingerprint density at radius 1 is 0.875 bits per heavy atom. The fourth-order valence-corrected chi connectivity index (χ4v) is 4.94. The maximum Gasteiger partial charge on any atom is 0.373 e. The molecule has 0 unspecified atom stereocenters. The first-order chi connectivity index (χ1) is 19.2. The minimum Gasteiger partial charge on any atom is -0.279 e. The summed E-state index contributed by atoms with van der Waals surface area (Å²) in [5.41, 5.74) is 7.68. The van der Waals surface area contributed by atoms with Crippen LogP contribution in [0, 0.1) is 12.8 Å². The minimum atomic E-state index is 0.0318. The second kappa shape index (κ2) is 12.9. The number of aromatic nitrogens is 3. The number of nitrogens with zero attached hydrogens (tertiary/aromatic N) is 3. The number of carbonyl (C=O) groups excluding carboxylic acids is 2. The van der Waals surface area contributed by atoms with Crippen LogP contribution < -0.4 is 5.69 Å². The summed E-state index contributed by atoms with van der Waals surface area (Å²) in [4.78, 5) is 29.5. The molecular weight excluding hydrogens is 498 g/mol. The van der Waals surface area contributed by atoms with Crippen LogP contribution in [0.2, 0.25) is 0 Å². The van der Waals surface area contributed by atoms with Gasteiger partial charge >= 0.3 is 11.8 Å². The largest absolute Gasteiger partial charge is 0.373 e. The van der Waals surface area contributed by atoms with Crippen LogP contribution in [0.4, 0.5) is 0 Å². The molecule has 1 aromatic heterocycles. The summed E-state index contributed by atoms with van der Waals surface area (Å²) in [6, 6.07) is 26.1. The molecule has 1 aliphatic rings. The molecule has 0 bridgehead atoms. The monoisotopic (exact) mass is 537 g/mol. The van der Waals surface area contributed by atoms with Crippen molar-refractivity contribution in [1.29, 1.82) is 0 Å². The Balaban J connectivity index is 0.00000118. The molecule has 40 heavy (non-hydrogen) atoms. The molecule has 1 saturated carbocycles. The lowest BCUT2D eigenvalue weighted by molar-refractivity contribution is -0.191. The van der Waals surface area contributed by atoms with Gasteiger partial charge in [0.15, 0.2) is 0 Å². The first-order valence-corrected chi connectivity index (χ1v) is 14.1. The number of aryl methyl sites for hydroxylation is 3. The molecule has 6 nitrogen and oxygen atoms in total. The van der Waals surface area contributed by atoms with Gasteiger partial charge in [-0.1, -0.05) is 99.1 Å². The lowest BCUT2D eigenvalue weighted by atomic mass is 9.87. The van der Waals surface area contributed by atoms with E-state index in [-0.39, 0.29) is 17.3 Å². The highest BCUT2D eigenvalue weighted by molar-refractivity contribution is 5.64. The van der Waals surface area contributed by atoms with Crippen LogP contribution in [0.1, 0.15) is 68.1 Å². The Hall–Kier alpha value is -4.02. The van der Waals surface area contributed by atoms with E-state index in [0.29, 0.717) is 12.5 Å². The second-order valence-corrected chi connectivity index (χ2v) is 11.9. The fraction of sp³-hybridized carbons (Fsp3) is 0.382. The molecule has 0 radical (unpaired) electrons. The van der Waals surface area contributed by atoms with Crippen molar-refractivity contribution in [1.82, 2.24) is 14.3 Å². The summed E-state index contributed by atoms with van der Waals surface area (Å²) in [7, 11) is 0. The smallest absolute Gasteiger partial charge is 0.279 e. The van der Waals surface area contributed by atoms with E-state index in [1.54, 1.807) is 4.68 Å². The number of hydrogen-bond donors (Lipinski definition) is 0. The van der Waals surface area contributed by atoms with Crippen LogP contribution >= 0.6 is 0 Å². The van der Waals surface area contributed by atoms with Gasteiger partial charge in [0.2, 0.25) is 0 Å². The van der Waals surface area contributed by atoms with E-state index in [9.17, 15) is 4.79 Å². The third-order valence-corrected chi connectivity index (χ3v) is 7.46. The predicted octanol–water partition coefficient (Wildman–Crippen LogP) is 6.37. The maximum absolute atomic E-state index is 13.3. The van der Waals surface area contributed by atoms with Gasteiger partial charge in [0.25, 0.3) is 0 Å². The van der Waals surface area contributed by atoms with Crippen LogP contribution in [0.25, 0.3) is 11.1 Å². The quantitative estimate of drug-likeness (QED) is 0.249. The molecule has 0 amide bonds. The summed E-state index contributed by atoms with van der Waals surface area (Å²) in [5.74, 6) is 1.56. The van der Waals surface area contributed by atoms with Crippen molar-refractivity contribution in [3.05, 3.63) is 111 Å². The van der Waals surface area contributed by atoms with Crippen LogP contribution in [-0.2, 0) is 40.9 Å². The highest BCUT2D eigenvalue weighted by Gasteiger charge is 2.25. The molecule has 1 fully saturated rings. The lowest BCUT2D eigenvalue weighted by Crippen LogP contribution is -2.26. The summed E-state index contributed by atoms with van der Waals surface area (Å²) < 4.78 is 3.61. The zero-order valence-corrected chi connectivity index (χ0v) is 24.0. The van der Waals surface area contributed by atoms with Crippen LogP contribution in [-0.4, -0.2) is 20.5 Å². The van der Waals surface area contributed by atoms with E-state index < -0.39 is 0 Å². The Labute approximate surface area is 236 Å². The summed E-state index contributed by atoms with van der Waals surface area (Å²) in [5, 5.41) is 4.82. The SMILES string of the molecule is Cc1cccc(-c2ccc(CCCc3nn(Cc4ccc(C(C)(C)C)cc4)c(=O)n3CC3CC3)cc2)c1.O=C=O. The van der Waals surface area contributed by atoms with Gasteiger partial charge in [-0.15, -0.1) is 0 Å². The average molecular weight is 538 g/mol. The van der Waals surface area contributed by atoms with E-state index in [0.717, 1.165) is 37.2 Å². The molecule has 3 aromatic carbocycles. The van der Waals surface area contributed by atoms with E-state index in [1.807, 2.05) is 4.57 Å². The predicted molar refractivity (Wildman–Crippen MR) is 157 cm³/mol. The van der Waals surface area contributed by atoms with Crippen molar-refractivity contribution >= 4 is 6.15 Å². The summed E-state index contributed by atoms with van der Waals surface area (Å²) in [6.07, 6.45) is 5.47. The molecule has 0 aliphatic heterocycles.